The molecule has 46 heavy (non-hydrogen) atoms. The number of carbonyl (C=O) groups excluding carboxylic acids is 2. The number of carbonyl (C=O) groups is 2. The number of anilines is 2. The number of aromatic nitrogens is 7. The zero-order valence-corrected chi connectivity index (χ0v) is 25.9. The van der Waals surface area contributed by atoms with Crippen molar-refractivity contribution < 1.29 is 18.8 Å². The lowest BCUT2D eigenvalue weighted by Crippen LogP contribution is -2.42. The van der Waals surface area contributed by atoms with Crippen LogP contribution in [0.3, 0.4) is 0 Å². The molecule has 2 atom stereocenters. The quantitative estimate of drug-likeness (QED) is 0.116. The van der Waals surface area contributed by atoms with E-state index in [4.69, 9.17) is 16.4 Å². The van der Waals surface area contributed by atoms with Gasteiger partial charge < -0.3 is 4.90 Å². The van der Waals surface area contributed by atoms with Crippen molar-refractivity contribution >= 4 is 46.7 Å². The number of nitrogens with zero attached hydrogens (tertiary/aromatic N) is 9. The Labute approximate surface area is 269 Å². The molecule has 242 valence electrons. The van der Waals surface area contributed by atoms with Crippen molar-refractivity contribution in [1.82, 2.24) is 45.4 Å². The lowest BCUT2D eigenvalue weighted by atomic mass is 9.92. The Morgan fingerprint density at radius 3 is 2.80 bits per heavy atom. The van der Waals surface area contributed by atoms with Crippen molar-refractivity contribution in [2.75, 3.05) is 23.4 Å². The van der Waals surface area contributed by atoms with E-state index in [1.807, 2.05) is 35.2 Å². The minimum Gasteiger partial charge on any atom is -0.349 e. The summed E-state index contributed by atoms with van der Waals surface area (Å²) in [4.78, 5) is 49.4. The minimum absolute atomic E-state index is 0.0160. The van der Waals surface area contributed by atoms with E-state index in [0.717, 1.165) is 49.2 Å². The third kappa shape index (κ3) is 7.48. The normalized spacial score (nSPS) is 17.3. The van der Waals surface area contributed by atoms with Gasteiger partial charge in [-0.15, -0.1) is 5.10 Å². The molecule has 0 spiro atoms. The van der Waals surface area contributed by atoms with Gasteiger partial charge in [0.05, 0.1) is 31.2 Å². The van der Waals surface area contributed by atoms with E-state index in [0.29, 0.717) is 43.0 Å². The summed E-state index contributed by atoms with van der Waals surface area (Å²) in [5.74, 6) is -1.69. The van der Waals surface area contributed by atoms with Gasteiger partial charge in [-0.1, -0.05) is 61.2 Å². The minimum atomic E-state index is -0.754. The Morgan fingerprint density at radius 1 is 1.17 bits per heavy atom. The fraction of sp³-hybridized carbons (Fsp3) is 0.467. The molecule has 2 N–H and O–H groups in total. The third-order valence-corrected chi connectivity index (χ3v) is 8.71. The van der Waals surface area contributed by atoms with Crippen LogP contribution in [0.15, 0.2) is 42.9 Å². The molecule has 3 aromatic heterocycles. The summed E-state index contributed by atoms with van der Waals surface area (Å²) in [6.07, 6.45) is 9.93. The number of rotatable bonds is 14. The maximum absolute atomic E-state index is 15.9. The number of fused-ring (bicyclic) bond motifs is 1. The standard InChI is InChI=1S/C30H35ClFN11O3/c31-30-35-26(25(32)28(36-30)42-12-6-11-23(42)16-43-27-24(37-40-43)14-33-18-34-27)38-39-29(45)22(13-20-7-4-5-8-20)15-41(19-44)46-17-21-9-2-1-3-10-21/h1-3,9-10,14,18-20,22-23H,4-8,11-13,15-17H2,(H,39,45)(H,35,36,38)/t22-,23+/m1/s1. The highest BCUT2D eigenvalue weighted by atomic mass is 35.5. The highest BCUT2D eigenvalue weighted by Crippen LogP contribution is 2.32. The average molecular weight is 652 g/mol. The van der Waals surface area contributed by atoms with Crippen LogP contribution in [-0.4, -0.2) is 71.4 Å². The van der Waals surface area contributed by atoms with Crippen LogP contribution in [0.1, 0.15) is 50.5 Å². The van der Waals surface area contributed by atoms with E-state index < -0.39 is 17.6 Å². The molecule has 0 bridgehead atoms. The van der Waals surface area contributed by atoms with Gasteiger partial charge in [0, 0.05) is 6.54 Å². The second-order valence-electron chi connectivity index (χ2n) is 11.6. The van der Waals surface area contributed by atoms with Gasteiger partial charge in [0.25, 0.3) is 0 Å². The van der Waals surface area contributed by atoms with E-state index in [1.165, 1.54) is 6.33 Å². The Bertz CT molecular complexity index is 1640. The van der Waals surface area contributed by atoms with E-state index in [-0.39, 0.29) is 36.1 Å². The Kier molecular flexibility index (Phi) is 10.1. The molecule has 1 aliphatic carbocycles. The molecule has 4 aromatic rings. The molecule has 4 heterocycles. The molecule has 14 nitrogen and oxygen atoms in total. The number of hydrogen-bond donors (Lipinski definition) is 2. The van der Waals surface area contributed by atoms with Crippen LogP contribution in [-0.2, 0) is 27.6 Å². The number of hydrazine groups is 1. The SMILES string of the molecule is O=CN(C[C@@H](CC1CCCC1)C(=O)NNc1nc(Cl)nc(N2CCC[C@H]2Cn2nnc3cncnc32)c1F)OCc1ccccc1. The van der Waals surface area contributed by atoms with Crippen LogP contribution in [0.2, 0.25) is 5.28 Å². The van der Waals surface area contributed by atoms with Gasteiger partial charge in [0.15, 0.2) is 22.8 Å². The smallest absolute Gasteiger partial charge is 0.243 e. The Morgan fingerprint density at radius 2 is 2.00 bits per heavy atom. The summed E-state index contributed by atoms with van der Waals surface area (Å²) in [6.45, 7) is 1.16. The number of hydroxylamine groups is 2. The predicted octanol–water partition coefficient (Wildman–Crippen LogP) is 3.70. The number of halogens is 2. The van der Waals surface area contributed by atoms with Crippen LogP contribution in [0.4, 0.5) is 16.0 Å². The summed E-state index contributed by atoms with van der Waals surface area (Å²) in [5.41, 5.74) is 7.27. The zero-order chi connectivity index (χ0) is 31.9. The fourth-order valence-electron chi connectivity index (χ4n) is 6.25. The topological polar surface area (TPSA) is 156 Å². The van der Waals surface area contributed by atoms with Gasteiger partial charge in [0.2, 0.25) is 23.4 Å². The largest absolute Gasteiger partial charge is 0.349 e. The van der Waals surface area contributed by atoms with Crippen LogP contribution < -0.4 is 15.8 Å². The van der Waals surface area contributed by atoms with Gasteiger partial charge in [0.1, 0.15) is 12.9 Å². The maximum atomic E-state index is 15.9. The Balaban J connectivity index is 1.14. The highest BCUT2D eigenvalue weighted by molar-refractivity contribution is 6.28. The number of hydrogen-bond acceptors (Lipinski definition) is 11. The second kappa shape index (κ2) is 14.7. The van der Waals surface area contributed by atoms with E-state index in [1.54, 1.807) is 10.9 Å². The van der Waals surface area contributed by atoms with Crippen molar-refractivity contribution in [2.24, 2.45) is 11.8 Å². The van der Waals surface area contributed by atoms with Crippen LogP contribution in [0.5, 0.6) is 0 Å². The first kappa shape index (κ1) is 31.5. The molecule has 1 aromatic carbocycles. The summed E-state index contributed by atoms with van der Waals surface area (Å²) >= 11 is 6.26. The van der Waals surface area contributed by atoms with Crippen molar-refractivity contribution in [3.63, 3.8) is 0 Å². The number of amides is 2. The van der Waals surface area contributed by atoms with Crippen LogP contribution >= 0.6 is 11.6 Å². The molecular formula is C30H35ClFN11O3. The van der Waals surface area contributed by atoms with Crippen molar-refractivity contribution in [3.05, 3.63) is 59.5 Å². The molecule has 0 unspecified atom stereocenters. The van der Waals surface area contributed by atoms with E-state index >= 15 is 4.39 Å². The zero-order valence-electron chi connectivity index (χ0n) is 25.1. The molecular weight excluding hydrogens is 617 g/mol. The molecule has 1 aliphatic heterocycles. The monoisotopic (exact) mass is 651 g/mol. The Hall–Kier alpha value is -4.50. The van der Waals surface area contributed by atoms with Crippen LogP contribution in [0, 0.1) is 17.7 Å². The molecule has 2 amide bonds. The maximum Gasteiger partial charge on any atom is 0.243 e. The van der Waals surface area contributed by atoms with Gasteiger partial charge in [-0.3, -0.25) is 25.3 Å². The van der Waals surface area contributed by atoms with E-state index in [2.05, 4.69) is 41.1 Å². The van der Waals surface area contributed by atoms with Crippen molar-refractivity contribution in [3.8, 4) is 0 Å². The molecule has 6 rings (SSSR count). The second-order valence-corrected chi connectivity index (χ2v) is 12.0. The lowest BCUT2D eigenvalue weighted by molar-refractivity contribution is -0.182. The summed E-state index contributed by atoms with van der Waals surface area (Å²) in [6, 6.07) is 9.28. The predicted molar refractivity (Wildman–Crippen MR) is 166 cm³/mol. The highest BCUT2D eigenvalue weighted by Gasteiger charge is 2.32. The lowest BCUT2D eigenvalue weighted by Gasteiger charge is -2.27. The van der Waals surface area contributed by atoms with Gasteiger partial charge >= 0.3 is 0 Å². The van der Waals surface area contributed by atoms with Crippen molar-refractivity contribution in [2.45, 2.75) is 64.1 Å². The molecule has 0 radical (unpaired) electrons. The van der Waals surface area contributed by atoms with Crippen molar-refractivity contribution in [1.29, 1.82) is 0 Å². The first-order valence-corrected chi connectivity index (χ1v) is 15.8. The van der Waals surface area contributed by atoms with Gasteiger partial charge in [-0.05, 0) is 42.3 Å². The fourth-order valence-corrected chi connectivity index (χ4v) is 6.41. The molecule has 16 heteroatoms. The summed E-state index contributed by atoms with van der Waals surface area (Å²) in [7, 11) is 0. The number of benzene rings is 1. The third-order valence-electron chi connectivity index (χ3n) is 8.54. The molecule has 2 aliphatic rings. The summed E-state index contributed by atoms with van der Waals surface area (Å²) < 4.78 is 17.6. The summed E-state index contributed by atoms with van der Waals surface area (Å²) in [5, 5.41) is 9.26. The number of nitrogens with one attached hydrogen (secondary N) is 2. The van der Waals surface area contributed by atoms with E-state index in [9.17, 15) is 9.59 Å². The van der Waals surface area contributed by atoms with Gasteiger partial charge in [-0.2, -0.15) is 14.4 Å². The van der Waals surface area contributed by atoms with Gasteiger partial charge in [-0.25, -0.2) is 19.7 Å². The molecule has 2 fully saturated rings. The first-order chi connectivity index (χ1) is 22.5. The first-order valence-electron chi connectivity index (χ1n) is 15.4. The molecule has 1 saturated heterocycles. The average Bonchev–Trinajstić information content (AvgIpc) is 3.85. The van der Waals surface area contributed by atoms with Crippen LogP contribution in [0.25, 0.3) is 11.2 Å². The molecule has 1 saturated carbocycles.